The van der Waals surface area contributed by atoms with Gasteiger partial charge >= 0.3 is 0 Å². The van der Waals surface area contributed by atoms with Crippen LogP contribution in [0.5, 0.6) is 0 Å². The molecule has 0 unspecified atom stereocenters. The minimum absolute atomic E-state index is 0.0890. The second kappa shape index (κ2) is 8.90. The lowest BCUT2D eigenvalue weighted by atomic mass is 9.88. The van der Waals surface area contributed by atoms with Gasteiger partial charge in [-0.05, 0) is 32.6 Å². The maximum atomic E-state index is 12.8. The van der Waals surface area contributed by atoms with Gasteiger partial charge in [0.25, 0.3) is 0 Å². The molecule has 154 valence electrons. The van der Waals surface area contributed by atoms with Crippen LogP contribution in [0.1, 0.15) is 51.9 Å². The molecule has 8 heteroatoms. The molecule has 0 atom stereocenters. The first-order valence-electron chi connectivity index (χ1n) is 10.5. The third-order valence-electron chi connectivity index (χ3n) is 6.42. The fraction of sp³-hybridized carbons (Fsp3) is 0.895. The number of rotatable bonds is 4. The lowest BCUT2D eigenvalue weighted by molar-refractivity contribution is -0.145. The van der Waals surface area contributed by atoms with E-state index in [2.05, 4.69) is 0 Å². The van der Waals surface area contributed by atoms with Gasteiger partial charge in [-0.1, -0.05) is 19.3 Å². The molecule has 0 aromatic heterocycles. The molecule has 1 saturated carbocycles. The van der Waals surface area contributed by atoms with Gasteiger partial charge in [0, 0.05) is 51.1 Å². The Labute approximate surface area is 163 Å². The van der Waals surface area contributed by atoms with Crippen molar-refractivity contribution in [2.75, 3.05) is 45.0 Å². The number of amides is 2. The first kappa shape index (κ1) is 20.6. The minimum atomic E-state index is -3.16. The summed E-state index contributed by atoms with van der Waals surface area (Å²) in [6.07, 6.45) is 6.76. The van der Waals surface area contributed by atoms with Crippen molar-refractivity contribution in [2.45, 2.75) is 51.9 Å². The Morgan fingerprint density at radius 1 is 0.741 bits per heavy atom. The van der Waals surface area contributed by atoms with E-state index >= 15 is 0 Å². The molecule has 3 aliphatic rings. The Balaban J connectivity index is 1.45. The molecule has 0 N–H and O–H groups in total. The van der Waals surface area contributed by atoms with Crippen molar-refractivity contribution in [2.24, 2.45) is 11.8 Å². The standard InChI is InChI=1S/C19H33N3O4S/c1-2-27(25,26)22-10-8-17(9-11-22)19(24)21-14-12-20(13-15-21)18(23)16-6-4-3-5-7-16/h16-17H,2-15H2,1H3. The number of carbonyl (C=O) groups excluding carboxylic acids is 2. The Bertz CT molecular complexity index is 629. The largest absolute Gasteiger partial charge is 0.339 e. The van der Waals surface area contributed by atoms with Crippen molar-refractivity contribution in [3.05, 3.63) is 0 Å². The predicted octanol–water partition coefficient (Wildman–Crippen LogP) is 1.30. The Hall–Kier alpha value is -1.15. The van der Waals surface area contributed by atoms with Crippen molar-refractivity contribution in [3.63, 3.8) is 0 Å². The van der Waals surface area contributed by atoms with Crippen LogP contribution in [0.2, 0.25) is 0 Å². The molecule has 27 heavy (non-hydrogen) atoms. The highest BCUT2D eigenvalue weighted by Gasteiger charge is 2.35. The Kier molecular flexibility index (Phi) is 6.78. The van der Waals surface area contributed by atoms with Crippen LogP contribution in [0.4, 0.5) is 0 Å². The molecule has 0 spiro atoms. The fourth-order valence-electron chi connectivity index (χ4n) is 4.58. The summed E-state index contributed by atoms with van der Waals surface area (Å²) in [6, 6.07) is 0. The molecule has 2 amide bonds. The highest BCUT2D eigenvalue weighted by Crippen LogP contribution is 2.26. The van der Waals surface area contributed by atoms with Gasteiger partial charge in [0.2, 0.25) is 21.8 Å². The molecule has 2 saturated heterocycles. The summed E-state index contributed by atoms with van der Waals surface area (Å²) in [6.45, 7) is 4.99. The maximum Gasteiger partial charge on any atom is 0.225 e. The van der Waals surface area contributed by atoms with Gasteiger partial charge in [0.05, 0.1) is 5.75 Å². The number of piperazine rings is 1. The van der Waals surface area contributed by atoms with E-state index in [1.165, 1.54) is 10.7 Å². The highest BCUT2D eigenvalue weighted by atomic mass is 32.2. The van der Waals surface area contributed by atoms with Crippen LogP contribution >= 0.6 is 0 Å². The molecule has 0 aromatic carbocycles. The highest BCUT2D eigenvalue weighted by molar-refractivity contribution is 7.89. The van der Waals surface area contributed by atoms with Crippen LogP contribution in [0, 0.1) is 11.8 Å². The Morgan fingerprint density at radius 2 is 1.19 bits per heavy atom. The summed E-state index contributed by atoms with van der Waals surface area (Å²) >= 11 is 0. The predicted molar refractivity (Wildman–Crippen MR) is 103 cm³/mol. The van der Waals surface area contributed by atoms with E-state index in [0.717, 1.165) is 25.7 Å². The van der Waals surface area contributed by atoms with Crippen molar-refractivity contribution < 1.29 is 18.0 Å². The topological polar surface area (TPSA) is 78.0 Å². The van der Waals surface area contributed by atoms with E-state index < -0.39 is 10.0 Å². The molecular formula is C19H33N3O4S. The summed E-state index contributed by atoms with van der Waals surface area (Å²) in [7, 11) is -3.16. The lowest BCUT2D eigenvalue weighted by Gasteiger charge is -2.39. The van der Waals surface area contributed by atoms with Gasteiger partial charge in [-0.15, -0.1) is 0 Å². The second-order valence-corrected chi connectivity index (χ2v) is 10.3. The van der Waals surface area contributed by atoms with E-state index in [1.807, 2.05) is 9.80 Å². The summed E-state index contributed by atoms with van der Waals surface area (Å²) in [5, 5.41) is 0. The molecule has 0 radical (unpaired) electrons. The first-order valence-corrected chi connectivity index (χ1v) is 12.1. The van der Waals surface area contributed by atoms with Gasteiger partial charge in [-0.25, -0.2) is 12.7 Å². The van der Waals surface area contributed by atoms with Gasteiger partial charge in [0.15, 0.2) is 0 Å². The van der Waals surface area contributed by atoms with Gasteiger partial charge in [0.1, 0.15) is 0 Å². The van der Waals surface area contributed by atoms with Gasteiger partial charge < -0.3 is 9.80 Å². The number of hydrogen-bond donors (Lipinski definition) is 0. The van der Waals surface area contributed by atoms with E-state index in [1.54, 1.807) is 6.92 Å². The van der Waals surface area contributed by atoms with Crippen molar-refractivity contribution in [1.29, 1.82) is 0 Å². The van der Waals surface area contributed by atoms with Crippen LogP contribution in [-0.2, 0) is 19.6 Å². The van der Waals surface area contributed by atoms with Crippen LogP contribution in [0.3, 0.4) is 0 Å². The van der Waals surface area contributed by atoms with Gasteiger partial charge in [-0.2, -0.15) is 0 Å². The molecular weight excluding hydrogens is 366 g/mol. The monoisotopic (exact) mass is 399 g/mol. The van der Waals surface area contributed by atoms with Crippen LogP contribution in [0.15, 0.2) is 0 Å². The molecule has 0 aromatic rings. The SMILES string of the molecule is CCS(=O)(=O)N1CCC(C(=O)N2CCN(C(=O)C3CCCCC3)CC2)CC1. The molecule has 1 aliphatic carbocycles. The van der Waals surface area contributed by atoms with Crippen molar-refractivity contribution in [3.8, 4) is 0 Å². The van der Waals surface area contributed by atoms with Crippen LogP contribution < -0.4 is 0 Å². The minimum Gasteiger partial charge on any atom is -0.339 e. The summed E-state index contributed by atoms with van der Waals surface area (Å²) < 4.78 is 25.4. The van der Waals surface area contributed by atoms with E-state index in [9.17, 15) is 18.0 Å². The molecule has 3 fully saturated rings. The van der Waals surface area contributed by atoms with Crippen molar-refractivity contribution in [1.82, 2.24) is 14.1 Å². The normalized spacial score (nSPS) is 24.2. The number of hydrogen-bond acceptors (Lipinski definition) is 4. The quantitative estimate of drug-likeness (QED) is 0.714. The average Bonchev–Trinajstić information content (AvgIpc) is 2.73. The lowest BCUT2D eigenvalue weighted by Crippen LogP contribution is -2.54. The zero-order chi connectivity index (χ0) is 19.4. The first-order chi connectivity index (χ1) is 12.9. The number of piperidine rings is 1. The summed E-state index contributed by atoms with van der Waals surface area (Å²) in [4.78, 5) is 29.3. The van der Waals surface area contributed by atoms with Gasteiger partial charge in [-0.3, -0.25) is 9.59 Å². The summed E-state index contributed by atoms with van der Waals surface area (Å²) in [5.74, 6) is 0.621. The smallest absolute Gasteiger partial charge is 0.225 e. The molecule has 7 nitrogen and oxygen atoms in total. The third-order valence-corrected chi connectivity index (χ3v) is 8.30. The number of nitrogens with zero attached hydrogens (tertiary/aromatic N) is 3. The van der Waals surface area contributed by atoms with Crippen LogP contribution in [-0.4, -0.2) is 79.4 Å². The number of carbonyl (C=O) groups is 2. The molecule has 0 bridgehead atoms. The average molecular weight is 400 g/mol. The zero-order valence-electron chi connectivity index (χ0n) is 16.4. The fourth-order valence-corrected chi connectivity index (χ4v) is 5.71. The third kappa shape index (κ3) is 4.83. The maximum absolute atomic E-state index is 12.8. The second-order valence-electron chi connectivity index (χ2n) is 8.06. The van der Waals surface area contributed by atoms with Crippen LogP contribution in [0.25, 0.3) is 0 Å². The number of sulfonamides is 1. The van der Waals surface area contributed by atoms with Crippen molar-refractivity contribution >= 4 is 21.8 Å². The summed E-state index contributed by atoms with van der Waals surface area (Å²) in [5.41, 5.74) is 0. The van der Waals surface area contributed by atoms with E-state index in [-0.39, 0.29) is 29.4 Å². The van der Waals surface area contributed by atoms with E-state index in [4.69, 9.17) is 0 Å². The molecule has 2 heterocycles. The zero-order valence-corrected chi connectivity index (χ0v) is 17.3. The molecule has 2 aliphatic heterocycles. The van der Waals surface area contributed by atoms with E-state index in [0.29, 0.717) is 52.1 Å². The Morgan fingerprint density at radius 3 is 1.63 bits per heavy atom. The molecule has 3 rings (SSSR count).